The molecule has 0 amide bonds. The van der Waals surface area contributed by atoms with Crippen LogP contribution in [0.25, 0.3) is 0 Å². The van der Waals surface area contributed by atoms with E-state index in [4.69, 9.17) is 14.3 Å². The summed E-state index contributed by atoms with van der Waals surface area (Å²) >= 11 is 0. The van der Waals surface area contributed by atoms with Crippen molar-refractivity contribution in [1.29, 1.82) is 5.26 Å². The molecule has 0 aliphatic carbocycles. The van der Waals surface area contributed by atoms with E-state index in [1.165, 1.54) is 0 Å². The molecule has 0 N–H and O–H groups in total. The maximum Gasteiger partial charge on any atom is 0.185 e. The average molecular weight is 279 g/mol. The van der Waals surface area contributed by atoms with Gasteiger partial charge in [-0.3, -0.25) is 0 Å². The standard InChI is InChI=1S/C7H15N2O2P.C3H9N.C2H6/c1-9(2)7-12(10-3)11-6-4-5-8;1-4(2)3;1-2/h4,6-7H2,1-3H3;1-3H3;1-2H3. The van der Waals surface area contributed by atoms with Crippen LogP contribution in [0.15, 0.2) is 0 Å². The van der Waals surface area contributed by atoms with Crippen molar-refractivity contribution in [2.24, 2.45) is 0 Å². The Morgan fingerprint density at radius 3 is 1.83 bits per heavy atom. The molecule has 0 heterocycles. The first-order valence-corrected chi connectivity index (χ1v) is 7.37. The maximum atomic E-state index is 8.26. The van der Waals surface area contributed by atoms with Crippen LogP contribution in [0.1, 0.15) is 20.3 Å². The molecule has 0 aliphatic rings. The van der Waals surface area contributed by atoms with E-state index in [0.717, 1.165) is 6.29 Å². The van der Waals surface area contributed by atoms with Gasteiger partial charge in [-0.2, -0.15) is 5.26 Å². The van der Waals surface area contributed by atoms with E-state index in [0.29, 0.717) is 13.0 Å². The Bertz CT molecular complexity index is 182. The Morgan fingerprint density at radius 2 is 1.56 bits per heavy atom. The van der Waals surface area contributed by atoms with Gasteiger partial charge in [-0.1, -0.05) is 13.8 Å². The van der Waals surface area contributed by atoms with Crippen LogP contribution in [0.3, 0.4) is 0 Å². The summed E-state index contributed by atoms with van der Waals surface area (Å²) in [5, 5.41) is 8.26. The summed E-state index contributed by atoms with van der Waals surface area (Å²) < 4.78 is 10.4. The Morgan fingerprint density at radius 1 is 1.11 bits per heavy atom. The van der Waals surface area contributed by atoms with Gasteiger partial charge in [0.25, 0.3) is 0 Å². The fraction of sp³-hybridized carbons (Fsp3) is 0.917. The zero-order valence-corrected chi connectivity index (χ0v) is 14.1. The largest absolute Gasteiger partial charge is 0.337 e. The SMILES string of the molecule is CC.CN(C)C.COP(CN(C)C)OCCC#N. The van der Waals surface area contributed by atoms with Crippen molar-refractivity contribution in [3.05, 3.63) is 0 Å². The van der Waals surface area contributed by atoms with Crippen molar-refractivity contribution >= 4 is 8.38 Å². The van der Waals surface area contributed by atoms with E-state index in [-0.39, 0.29) is 0 Å². The summed E-state index contributed by atoms with van der Waals surface area (Å²) in [4.78, 5) is 4.00. The van der Waals surface area contributed by atoms with E-state index in [1.807, 2.05) is 65.0 Å². The Labute approximate surface area is 115 Å². The number of hydrogen-bond donors (Lipinski definition) is 0. The second-order valence-corrected chi connectivity index (χ2v) is 5.39. The van der Waals surface area contributed by atoms with Crippen molar-refractivity contribution in [2.75, 3.05) is 55.2 Å². The molecule has 18 heavy (non-hydrogen) atoms. The lowest BCUT2D eigenvalue weighted by Gasteiger charge is -2.18. The highest BCUT2D eigenvalue weighted by molar-refractivity contribution is 7.47. The molecule has 1 unspecified atom stereocenters. The molecule has 0 spiro atoms. The quantitative estimate of drug-likeness (QED) is 0.552. The molecule has 0 radical (unpaired) electrons. The molecular formula is C12H30N3O2P. The van der Waals surface area contributed by atoms with Gasteiger partial charge < -0.3 is 18.8 Å². The molecule has 0 saturated heterocycles. The van der Waals surface area contributed by atoms with Gasteiger partial charge in [-0.15, -0.1) is 0 Å². The summed E-state index contributed by atoms with van der Waals surface area (Å²) in [7, 11) is 10.7. The lowest BCUT2D eigenvalue weighted by Crippen LogP contribution is -2.13. The van der Waals surface area contributed by atoms with Gasteiger partial charge in [0.1, 0.15) is 0 Å². The normalized spacial score (nSPS) is 10.9. The zero-order chi connectivity index (χ0) is 15.0. The minimum absolute atomic E-state index is 0.426. The second kappa shape index (κ2) is 19.1. The van der Waals surface area contributed by atoms with Gasteiger partial charge in [0, 0.05) is 7.11 Å². The first-order valence-electron chi connectivity index (χ1n) is 6.01. The Hall–Kier alpha value is -0.240. The molecule has 0 saturated carbocycles. The van der Waals surface area contributed by atoms with Gasteiger partial charge in [0.05, 0.1) is 25.4 Å². The summed E-state index contributed by atoms with van der Waals surface area (Å²) in [5.41, 5.74) is 0. The van der Waals surface area contributed by atoms with Crippen molar-refractivity contribution in [3.8, 4) is 6.07 Å². The third kappa shape index (κ3) is 29.7. The molecular weight excluding hydrogens is 249 g/mol. The van der Waals surface area contributed by atoms with E-state index in [2.05, 4.69) is 0 Å². The van der Waals surface area contributed by atoms with Crippen molar-refractivity contribution in [1.82, 2.24) is 9.80 Å². The smallest absolute Gasteiger partial charge is 0.185 e. The van der Waals surface area contributed by atoms with Crippen LogP contribution < -0.4 is 0 Å². The number of hydrogen-bond acceptors (Lipinski definition) is 5. The number of rotatable bonds is 6. The van der Waals surface area contributed by atoms with Crippen molar-refractivity contribution < 1.29 is 9.05 Å². The van der Waals surface area contributed by atoms with E-state index in [1.54, 1.807) is 7.11 Å². The van der Waals surface area contributed by atoms with Gasteiger partial charge in [-0.25, -0.2) is 0 Å². The third-order valence-corrected chi connectivity index (χ3v) is 2.73. The second-order valence-electron chi connectivity index (χ2n) is 3.82. The molecule has 5 nitrogen and oxygen atoms in total. The average Bonchev–Trinajstić information content (AvgIpc) is 2.29. The van der Waals surface area contributed by atoms with Gasteiger partial charge in [0.2, 0.25) is 0 Å². The first kappa shape index (κ1) is 22.9. The highest BCUT2D eigenvalue weighted by Crippen LogP contribution is 2.36. The molecule has 0 rings (SSSR count). The number of nitrogens with zero attached hydrogens (tertiary/aromatic N) is 3. The van der Waals surface area contributed by atoms with Crippen LogP contribution in [0, 0.1) is 11.3 Å². The zero-order valence-electron chi connectivity index (χ0n) is 13.2. The molecule has 0 aliphatic heterocycles. The highest BCUT2D eigenvalue weighted by atomic mass is 31.2. The third-order valence-electron chi connectivity index (χ3n) is 1.05. The number of nitriles is 1. The summed E-state index contributed by atoms with van der Waals surface area (Å²) in [6.07, 6.45) is 1.20. The monoisotopic (exact) mass is 279 g/mol. The van der Waals surface area contributed by atoms with Gasteiger partial charge in [-0.05, 0) is 35.2 Å². The Kier molecular flexibility index (Phi) is 24.3. The highest BCUT2D eigenvalue weighted by Gasteiger charge is 2.08. The predicted molar refractivity (Wildman–Crippen MR) is 79.6 cm³/mol. The Balaban J connectivity index is -0.000000317. The van der Waals surface area contributed by atoms with Crippen LogP contribution >= 0.6 is 8.38 Å². The van der Waals surface area contributed by atoms with Crippen molar-refractivity contribution in [2.45, 2.75) is 20.3 Å². The molecule has 0 aromatic rings. The fourth-order valence-electron chi connectivity index (χ4n) is 0.575. The summed E-state index contributed by atoms with van der Waals surface area (Å²) in [5.74, 6) is 0. The summed E-state index contributed by atoms with van der Waals surface area (Å²) in [6.45, 7) is 4.46. The molecule has 0 bridgehead atoms. The minimum atomic E-state index is -0.835. The van der Waals surface area contributed by atoms with Crippen LogP contribution in [-0.4, -0.2) is 65.0 Å². The topological polar surface area (TPSA) is 48.7 Å². The lowest BCUT2D eigenvalue weighted by atomic mass is 10.5. The maximum absolute atomic E-state index is 8.26. The van der Waals surface area contributed by atoms with E-state index in [9.17, 15) is 0 Å². The molecule has 0 fully saturated rings. The van der Waals surface area contributed by atoms with Crippen LogP contribution in [0.2, 0.25) is 0 Å². The molecule has 6 heteroatoms. The van der Waals surface area contributed by atoms with Gasteiger partial charge >= 0.3 is 0 Å². The van der Waals surface area contributed by atoms with Crippen LogP contribution in [-0.2, 0) is 9.05 Å². The fourth-order valence-corrected chi connectivity index (χ4v) is 1.63. The van der Waals surface area contributed by atoms with E-state index < -0.39 is 8.38 Å². The molecule has 110 valence electrons. The minimum Gasteiger partial charge on any atom is -0.337 e. The van der Waals surface area contributed by atoms with Crippen LogP contribution in [0.5, 0.6) is 0 Å². The van der Waals surface area contributed by atoms with Crippen LogP contribution in [0.4, 0.5) is 0 Å². The summed E-state index contributed by atoms with van der Waals surface area (Å²) in [6, 6.07) is 2.02. The molecule has 1 atom stereocenters. The van der Waals surface area contributed by atoms with Gasteiger partial charge in [0.15, 0.2) is 8.38 Å². The first-order chi connectivity index (χ1) is 8.43. The predicted octanol–water partition coefficient (Wildman–Crippen LogP) is 2.60. The van der Waals surface area contributed by atoms with E-state index >= 15 is 0 Å². The molecule has 0 aromatic carbocycles. The lowest BCUT2D eigenvalue weighted by molar-refractivity contribution is 0.275. The van der Waals surface area contributed by atoms with Crippen molar-refractivity contribution in [3.63, 3.8) is 0 Å². The molecule has 0 aromatic heterocycles.